The van der Waals surface area contributed by atoms with Gasteiger partial charge in [-0.1, -0.05) is 18.2 Å². The molecular formula is C34H40FN5O4. The molecule has 2 aromatic heterocycles. The van der Waals surface area contributed by atoms with E-state index in [-0.39, 0.29) is 29.3 Å². The Morgan fingerprint density at radius 3 is 2.77 bits per heavy atom. The highest BCUT2D eigenvalue weighted by atomic mass is 19.1. The molecule has 4 heterocycles. The maximum Gasteiger partial charge on any atom is 0.248 e. The Labute approximate surface area is 256 Å². The van der Waals surface area contributed by atoms with Crippen LogP contribution in [-0.2, 0) is 17.7 Å². The zero-order valence-corrected chi connectivity index (χ0v) is 25.1. The van der Waals surface area contributed by atoms with Crippen molar-refractivity contribution in [3.63, 3.8) is 0 Å². The third-order valence-electron chi connectivity index (χ3n) is 8.93. The van der Waals surface area contributed by atoms with Gasteiger partial charge >= 0.3 is 0 Å². The maximum atomic E-state index is 14.7. The van der Waals surface area contributed by atoms with Crippen molar-refractivity contribution in [1.82, 2.24) is 20.2 Å². The minimum atomic E-state index is -0.865. The number of hydrogen-bond donors (Lipinski definition) is 4. The second-order valence-corrected chi connectivity index (χ2v) is 12.1. The average molecular weight is 602 g/mol. The molecule has 4 N–H and O–H groups in total. The highest BCUT2D eigenvalue weighted by molar-refractivity contribution is 5.87. The van der Waals surface area contributed by atoms with Crippen molar-refractivity contribution in [3.8, 4) is 5.75 Å². The first-order valence-corrected chi connectivity index (χ1v) is 15.3. The third kappa shape index (κ3) is 6.78. The van der Waals surface area contributed by atoms with Crippen LogP contribution >= 0.6 is 0 Å². The number of benzene rings is 2. The number of rotatable bonds is 9. The Morgan fingerprint density at radius 2 is 1.95 bits per heavy atom. The van der Waals surface area contributed by atoms with Crippen molar-refractivity contribution in [2.45, 2.75) is 44.4 Å². The quantitative estimate of drug-likeness (QED) is 0.214. The van der Waals surface area contributed by atoms with E-state index in [4.69, 9.17) is 4.74 Å². The van der Waals surface area contributed by atoms with Crippen LogP contribution in [0.4, 0.5) is 10.2 Å². The van der Waals surface area contributed by atoms with E-state index in [1.807, 2.05) is 24.4 Å². The fourth-order valence-electron chi connectivity index (χ4n) is 6.45. The summed E-state index contributed by atoms with van der Waals surface area (Å²) in [6.07, 6.45) is 3.38. The predicted octanol–water partition coefficient (Wildman–Crippen LogP) is 3.81. The van der Waals surface area contributed by atoms with Crippen LogP contribution in [0.2, 0.25) is 0 Å². The minimum Gasteiger partial charge on any atom is -0.506 e. The van der Waals surface area contributed by atoms with Gasteiger partial charge in [-0.3, -0.25) is 9.69 Å². The highest BCUT2D eigenvalue weighted by Crippen LogP contribution is 2.33. The van der Waals surface area contributed by atoms with Gasteiger partial charge in [0.2, 0.25) is 5.56 Å². The third-order valence-corrected chi connectivity index (χ3v) is 8.93. The molecule has 0 radical (unpaired) electrons. The van der Waals surface area contributed by atoms with Crippen molar-refractivity contribution in [2.24, 2.45) is 0 Å². The molecule has 2 aliphatic rings. The Hall–Kier alpha value is -3.83. The highest BCUT2D eigenvalue weighted by Gasteiger charge is 2.40. The SMILES string of the molecule is Cc1ccnc(N2CCOC3(CCN(Cc4ccc(F)c(CCNCC(O)c5ccc(O)c6[nH]c(=O)ccc56)c4)CC3)C2)c1. The number of fused-ring (bicyclic) bond motifs is 1. The zero-order chi connectivity index (χ0) is 30.7. The number of anilines is 1. The van der Waals surface area contributed by atoms with Crippen LogP contribution in [0.5, 0.6) is 5.75 Å². The molecular weight excluding hydrogens is 561 g/mol. The van der Waals surface area contributed by atoms with Gasteiger partial charge in [0.1, 0.15) is 17.4 Å². The van der Waals surface area contributed by atoms with Crippen molar-refractivity contribution in [2.75, 3.05) is 50.8 Å². The Balaban J connectivity index is 1.00. The number of morpholine rings is 1. The van der Waals surface area contributed by atoms with Crippen molar-refractivity contribution in [3.05, 3.63) is 99.2 Å². The van der Waals surface area contributed by atoms with Crippen LogP contribution < -0.4 is 15.8 Å². The number of nitrogens with one attached hydrogen (secondary N) is 2. The molecule has 1 unspecified atom stereocenters. The smallest absolute Gasteiger partial charge is 0.248 e. The second-order valence-electron chi connectivity index (χ2n) is 12.1. The van der Waals surface area contributed by atoms with E-state index in [0.717, 1.165) is 56.9 Å². The summed E-state index contributed by atoms with van der Waals surface area (Å²) in [5.41, 5.74) is 3.33. The molecule has 9 nitrogen and oxygen atoms in total. The van der Waals surface area contributed by atoms with Gasteiger partial charge in [-0.15, -0.1) is 0 Å². The van der Waals surface area contributed by atoms with Crippen LogP contribution in [-0.4, -0.2) is 76.6 Å². The second kappa shape index (κ2) is 13.0. The van der Waals surface area contributed by atoms with Gasteiger partial charge in [-0.05, 0) is 85.3 Å². The van der Waals surface area contributed by atoms with Crippen molar-refractivity contribution in [1.29, 1.82) is 0 Å². The first kappa shape index (κ1) is 30.2. The summed E-state index contributed by atoms with van der Waals surface area (Å²) in [7, 11) is 0. The van der Waals surface area contributed by atoms with Crippen LogP contribution in [0, 0.1) is 12.7 Å². The summed E-state index contributed by atoms with van der Waals surface area (Å²) in [5, 5.41) is 24.7. The van der Waals surface area contributed by atoms with Gasteiger partial charge in [-0.25, -0.2) is 9.37 Å². The Bertz CT molecular complexity index is 1670. The fraction of sp³-hybridized carbons (Fsp3) is 0.412. The van der Waals surface area contributed by atoms with Crippen molar-refractivity contribution < 1.29 is 19.3 Å². The largest absolute Gasteiger partial charge is 0.506 e. The van der Waals surface area contributed by atoms with E-state index >= 15 is 0 Å². The topological polar surface area (TPSA) is 114 Å². The first-order valence-electron chi connectivity index (χ1n) is 15.3. The summed E-state index contributed by atoms with van der Waals surface area (Å²) in [5.74, 6) is 0.734. The Morgan fingerprint density at radius 1 is 1.11 bits per heavy atom. The standard InChI is InChI=1S/C34H40FN5O4/c1-23-8-13-37-31(18-23)40-16-17-44-34(22-40)10-14-39(15-11-34)21-24-2-5-28(35)25(19-24)9-12-36-20-30(42)26-3-6-29(41)33-27(26)4-7-32(43)38-33/h2-8,13,18-19,30,36,41-42H,9-12,14-17,20-22H2,1H3,(H,38,43). The number of H-pyrrole nitrogens is 1. The van der Waals surface area contributed by atoms with E-state index in [0.29, 0.717) is 41.6 Å². The summed E-state index contributed by atoms with van der Waals surface area (Å²) in [6, 6.07) is 15.6. The van der Waals surface area contributed by atoms with E-state index in [1.165, 1.54) is 17.7 Å². The van der Waals surface area contributed by atoms with Gasteiger partial charge < -0.3 is 30.2 Å². The van der Waals surface area contributed by atoms with Gasteiger partial charge in [-0.2, -0.15) is 0 Å². The molecule has 0 amide bonds. The van der Waals surface area contributed by atoms with Gasteiger partial charge in [0.15, 0.2) is 0 Å². The molecule has 2 fully saturated rings. The number of hydrogen-bond acceptors (Lipinski definition) is 8. The molecule has 1 spiro atoms. The lowest BCUT2D eigenvalue weighted by atomic mass is 9.89. The fourth-order valence-corrected chi connectivity index (χ4v) is 6.45. The molecule has 2 aromatic carbocycles. The summed E-state index contributed by atoms with van der Waals surface area (Å²) in [6.45, 7) is 7.82. The summed E-state index contributed by atoms with van der Waals surface area (Å²) >= 11 is 0. The number of halogens is 1. The monoisotopic (exact) mass is 601 g/mol. The molecule has 10 heteroatoms. The van der Waals surface area contributed by atoms with Gasteiger partial charge in [0.05, 0.1) is 23.8 Å². The lowest BCUT2D eigenvalue weighted by Crippen LogP contribution is -2.57. The molecule has 232 valence electrons. The lowest BCUT2D eigenvalue weighted by molar-refractivity contribution is -0.0922. The normalized spacial score (nSPS) is 17.8. The van der Waals surface area contributed by atoms with E-state index < -0.39 is 6.10 Å². The number of likely N-dealkylation sites (tertiary alicyclic amines) is 1. The number of aromatic amines is 1. The summed E-state index contributed by atoms with van der Waals surface area (Å²) < 4.78 is 21.1. The molecule has 2 saturated heterocycles. The molecule has 44 heavy (non-hydrogen) atoms. The van der Waals surface area contributed by atoms with Gasteiger partial charge in [0.25, 0.3) is 0 Å². The number of aryl methyl sites for hydroxylation is 1. The average Bonchev–Trinajstić information content (AvgIpc) is 3.02. The summed E-state index contributed by atoms with van der Waals surface area (Å²) in [4.78, 5) is 23.6. The number of pyridine rings is 2. The number of aromatic nitrogens is 2. The number of aromatic hydroxyl groups is 1. The van der Waals surface area contributed by atoms with Crippen LogP contribution in [0.25, 0.3) is 10.9 Å². The number of phenolic OH excluding ortho intramolecular Hbond substituents is 1. The molecule has 0 bridgehead atoms. The van der Waals surface area contributed by atoms with Crippen molar-refractivity contribution >= 4 is 16.7 Å². The number of aliphatic hydroxyl groups is 1. The van der Waals surface area contributed by atoms with Crippen LogP contribution in [0.15, 0.2) is 65.6 Å². The molecule has 0 saturated carbocycles. The molecule has 4 aromatic rings. The van der Waals surface area contributed by atoms with E-state index in [2.05, 4.69) is 38.1 Å². The number of aliphatic hydroxyl groups excluding tert-OH is 1. The van der Waals surface area contributed by atoms with Crippen LogP contribution in [0.1, 0.15) is 41.2 Å². The number of phenols is 1. The van der Waals surface area contributed by atoms with E-state index in [1.54, 1.807) is 18.2 Å². The minimum absolute atomic E-state index is 0.0503. The Kier molecular flexibility index (Phi) is 8.95. The van der Waals surface area contributed by atoms with E-state index in [9.17, 15) is 19.4 Å². The molecule has 2 aliphatic heterocycles. The lowest BCUT2D eigenvalue weighted by Gasteiger charge is -2.47. The number of nitrogens with zero attached hydrogens (tertiary/aromatic N) is 3. The number of piperidine rings is 1. The molecule has 1 atom stereocenters. The first-order chi connectivity index (χ1) is 21.3. The number of ether oxygens (including phenoxy) is 1. The van der Waals surface area contributed by atoms with Gasteiger partial charge in [0, 0.05) is 56.9 Å². The molecule has 0 aliphatic carbocycles. The molecule has 6 rings (SSSR count). The maximum absolute atomic E-state index is 14.7. The zero-order valence-electron chi connectivity index (χ0n) is 25.1. The predicted molar refractivity (Wildman–Crippen MR) is 169 cm³/mol. The van der Waals surface area contributed by atoms with Crippen LogP contribution in [0.3, 0.4) is 0 Å².